The van der Waals surface area contributed by atoms with Crippen LogP contribution in [-0.2, 0) is 32.1 Å². The van der Waals surface area contributed by atoms with Gasteiger partial charge in [-0.05, 0) is 36.8 Å². The Labute approximate surface area is 201 Å². The second-order valence-electron chi connectivity index (χ2n) is 8.87. The molecule has 1 aliphatic carbocycles. The van der Waals surface area contributed by atoms with Crippen LogP contribution in [0.25, 0.3) is 0 Å². The maximum Gasteiger partial charge on any atom is 0.303 e. The predicted octanol–water partition coefficient (Wildman–Crippen LogP) is 0.0987. The zero-order chi connectivity index (χ0) is 24.8. The molecule has 4 rings (SSSR count). The summed E-state index contributed by atoms with van der Waals surface area (Å²) in [6.45, 7) is 0.0121. The van der Waals surface area contributed by atoms with E-state index in [2.05, 4.69) is 36.2 Å². The average Bonchev–Trinajstić information content (AvgIpc) is 3.60. The number of H-pyrrole nitrogens is 1. The number of aromatic amines is 1. The van der Waals surface area contributed by atoms with Crippen LogP contribution in [0.1, 0.15) is 56.3 Å². The van der Waals surface area contributed by atoms with Crippen molar-refractivity contribution in [1.82, 2.24) is 36.2 Å². The van der Waals surface area contributed by atoms with Gasteiger partial charge in [-0.15, -0.1) is 10.2 Å². The van der Waals surface area contributed by atoms with Crippen molar-refractivity contribution in [3.05, 3.63) is 29.7 Å². The Morgan fingerprint density at radius 2 is 2.03 bits per heavy atom. The Kier molecular flexibility index (Phi) is 7.63. The minimum Gasteiger partial charge on any atom is -0.481 e. The first-order chi connectivity index (χ1) is 16.9. The minimum atomic E-state index is -1.10. The molecule has 1 unspecified atom stereocenters. The highest BCUT2D eigenvalue weighted by Crippen LogP contribution is 2.31. The zero-order valence-electron chi connectivity index (χ0n) is 19.1. The number of hydrogen-bond donors (Lipinski definition) is 4. The van der Waals surface area contributed by atoms with E-state index in [9.17, 15) is 24.3 Å². The fraction of sp³-hybridized carbons (Fsp3) is 0.545. The van der Waals surface area contributed by atoms with E-state index < -0.39 is 29.9 Å². The maximum atomic E-state index is 13.7. The molecule has 2 aromatic rings. The van der Waals surface area contributed by atoms with Gasteiger partial charge in [0.05, 0.1) is 6.54 Å². The topological polar surface area (TPSA) is 183 Å². The number of aromatic nitrogens is 5. The summed E-state index contributed by atoms with van der Waals surface area (Å²) in [6.07, 6.45) is 5.73. The van der Waals surface area contributed by atoms with Gasteiger partial charge in [-0.2, -0.15) is 5.21 Å². The van der Waals surface area contributed by atoms with E-state index in [4.69, 9.17) is 0 Å². The number of anilines is 1. The molecule has 1 fully saturated rings. The Bertz CT molecular complexity index is 1070. The number of hydrogen-bond acceptors (Lipinski definition) is 8. The van der Waals surface area contributed by atoms with Crippen LogP contribution >= 0.6 is 0 Å². The van der Waals surface area contributed by atoms with Gasteiger partial charge in [0.2, 0.25) is 11.8 Å². The molecule has 3 heterocycles. The molecule has 2 atom stereocenters. The van der Waals surface area contributed by atoms with Crippen molar-refractivity contribution in [2.75, 3.05) is 4.90 Å². The quantitative estimate of drug-likeness (QED) is 0.363. The standard InChI is InChI=1S/C22H28N8O5/c31-18(10-13-4-1-2-5-13)25-15(7-8-19(32)33)22(35)30-16(11-14-6-3-9-23-20(14)30)21(34)24-12-17-26-28-29-27-17/h3,6,9,13,15-16H,1-2,4-5,7-8,10-12H2,(H,24,34)(H,25,31)(H,32,33)(H,26,27,28,29)/t15?,16-/m0/s1. The molecule has 1 saturated carbocycles. The Morgan fingerprint density at radius 1 is 1.23 bits per heavy atom. The van der Waals surface area contributed by atoms with Crippen LogP contribution < -0.4 is 15.5 Å². The number of nitrogens with one attached hydrogen (secondary N) is 3. The van der Waals surface area contributed by atoms with Gasteiger partial charge in [0.1, 0.15) is 17.9 Å². The number of nitrogens with zero attached hydrogens (tertiary/aromatic N) is 5. The van der Waals surface area contributed by atoms with Crippen LogP contribution in [0.15, 0.2) is 18.3 Å². The highest BCUT2D eigenvalue weighted by molar-refractivity contribution is 6.06. The number of carboxylic acid groups (broad SMARTS) is 1. The Morgan fingerprint density at radius 3 is 2.74 bits per heavy atom. The molecular weight excluding hydrogens is 456 g/mol. The van der Waals surface area contributed by atoms with Crippen molar-refractivity contribution in [1.29, 1.82) is 0 Å². The number of aliphatic carboxylic acids is 1. The van der Waals surface area contributed by atoms with Gasteiger partial charge in [-0.3, -0.25) is 24.1 Å². The molecule has 1 aliphatic heterocycles. The number of carboxylic acids is 1. The molecule has 0 spiro atoms. The molecule has 2 aromatic heterocycles. The molecule has 13 heteroatoms. The lowest BCUT2D eigenvalue weighted by atomic mass is 10.0. The molecule has 0 saturated heterocycles. The molecule has 0 bridgehead atoms. The largest absolute Gasteiger partial charge is 0.481 e. The molecule has 4 N–H and O–H groups in total. The zero-order valence-corrected chi connectivity index (χ0v) is 19.1. The van der Waals surface area contributed by atoms with E-state index >= 15 is 0 Å². The predicted molar refractivity (Wildman–Crippen MR) is 121 cm³/mol. The number of fused-ring (bicyclic) bond motifs is 1. The molecule has 186 valence electrons. The fourth-order valence-electron chi connectivity index (χ4n) is 4.69. The van der Waals surface area contributed by atoms with Gasteiger partial charge >= 0.3 is 5.97 Å². The van der Waals surface area contributed by atoms with E-state index in [1.165, 1.54) is 11.1 Å². The van der Waals surface area contributed by atoms with Crippen molar-refractivity contribution >= 4 is 29.5 Å². The van der Waals surface area contributed by atoms with Crippen LogP contribution in [0.4, 0.5) is 5.82 Å². The molecule has 0 aromatic carbocycles. The molecule has 35 heavy (non-hydrogen) atoms. The van der Waals surface area contributed by atoms with Crippen LogP contribution in [0, 0.1) is 5.92 Å². The summed E-state index contributed by atoms with van der Waals surface area (Å²) in [5, 5.41) is 28.0. The molecule has 13 nitrogen and oxygen atoms in total. The Balaban J connectivity index is 1.52. The van der Waals surface area contributed by atoms with E-state index in [0.717, 1.165) is 25.7 Å². The first-order valence-corrected chi connectivity index (χ1v) is 11.7. The van der Waals surface area contributed by atoms with Gasteiger partial charge in [0.25, 0.3) is 5.91 Å². The fourth-order valence-corrected chi connectivity index (χ4v) is 4.69. The monoisotopic (exact) mass is 484 g/mol. The van der Waals surface area contributed by atoms with E-state index in [1.54, 1.807) is 12.1 Å². The van der Waals surface area contributed by atoms with Crippen molar-refractivity contribution < 1.29 is 24.3 Å². The lowest BCUT2D eigenvalue weighted by Gasteiger charge is -2.28. The summed E-state index contributed by atoms with van der Waals surface area (Å²) >= 11 is 0. The molecule has 3 amide bonds. The van der Waals surface area contributed by atoms with Gasteiger partial charge in [-0.25, -0.2) is 4.98 Å². The van der Waals surface area contributed by atoms with Crippen molar-refractivity contribution in [2.45, 2.75) is 70.0 Å². The third-order valence-electron chi connectivity index (χ3n) is 6.40. The molecular formula is C22H28N8O5. The van der Waals surface area contributed by atoms with Crippen LogP contribution in [0.3, 0.4) is 0 Å². The van der Waals surface area contributed by atoms with Gasteiger partial charge in [-0.1, -0.05) is 24.1 Å². The first-order valence-electron chi connectivity index (χ1n) is 11.7. The van der Waals surface area contributed by atoms with Crippen molar-refractivity contribution in [3.8, 4) is 0 Å². The van der Waals surface area contributed by atoms with Crippen LogP contribution in [0.5, 0.6) is 0 Å². The SMILES string of the molecule is O=C(O)CCC(NC(=O)CC1CCCC1)C(=O)N1c2ncccc2C[C@H]1C(=O)NCc1nn[nH]n1. The number of pyridine rings is 1. The third-order valence-corrected chi connectivity index (χ3v) is 6.40. The van der Waals surface area contributed by atoms with Gasteiger partial charge in [0, 0.05) is 25.5 Å². The van der Waals surface area contributed by atoms with E-state index in [-0.39, 0.29) is 43.5 Å². The molecule has 0 radical (unpaired) electrons. The van der Waals surface area contributed by atoms with Crippen molar-refractivity contribution in [2.24, 2.45) is 5.92 Å². The molecule has 2 aliphatic rings. The summed E-state index contributed by atoms with van der Waals surface area (Å²) < 4.78 is 0. The summed E-state index contributed by atoms with van der Waals surface area (Å²) in [5.41, 5.74) is 0.704. The number of carbonyl (C=O) groups excluding carboxylic acids is 3. The van der Waals surface area contributed by atoms with Crippen LogP contribution in [0.2, 0.25) is 0 Å². The summed E-state index contributed by atoms with van der Waals surface area (Å²) in [6, 6.07) is 1.48. The lowest BCUT2D eigenvalue weighted by molar-refractivity contribution is -0.138. The highest BCUT2D eigenvalue weighted by atomic mass is 16.4. The van der Waals surface area contributed by atoms with Gasteiger partial charge in [0.15, 0.2) is 5.82 Å². The lowest BCUT2D eigenvalue weighted by Crippen LogP contribution is -2.55. The van der Waals surface area contributed by atoms with Crippen LogP contribution in [-0.4, -0.2) is 66.5 Å². The summed E-state index contributed by atoms with van der Waals surface area (Å²) in [5.74, 6) is -1.52. The smallest absolute Gasteiger partial charge is 0.303 e. The van der Waals surface area contributed by atoms with E-state index in [1.807, 2.05) is 0 Å². The van der Waals surface area contributed by atoms with Gasteiger partial charge < -0.3 is 15.7 Å². The third kappa shape index (κ3) is 5.97. The summed E-state index contributed by atoms with van der Waals surface area (Å²) in [7, 11) is 0. The minimum absolute atomic E-state index is 0.0121. The first kappa shape index (κ1) is 24.2. The van der Waals surface area contributed by atoms with E-state index in [0.29, 0.717) is 17.8 Å². The maximum absolute atomic E-state index is 13.7. The second kappa shape index (κ2) is 11.0. The number of tetrazole rings is 1. The second-order valence-corrected chi connectivity index (χ2v) is 8.87. The number of amides is 3. The average molecular weight is 485 g/mol. The highest BCUT2D eigenvalue weighted by Gasteiger charge is 2.42. The number of rotatable bonds is 10. The Hall–Kier alpha value is -3.90. The summed E-state index contributed by atoms with van der Waals surface area (Å²) in [4.78, 5) is 56.3. The van der Waals surface area contributed by atoms with Crippen molar-refractivity contribution in [3.63, 3.8) is 0 Å². The number of carbonyl (C=O) groups is 4. The normalized spacial score (nSPS) is 18.2.